The van der Waals surface area contributed by atoms with Crippen LogP contribution in [0.3, 0.4) is 0 Å². The molecule has 1 unspecified atom stereocenters. The zero-order valence-corrected chi connectivity index (χ0v) is 11.0. The smallest absolute Gasteiger partial charge is 0.239 e. The van der Waals surface area contributed by atoms with Crippen LogP contribution in [0.4, 0.5) is 5.82 Å². The number of nitrogens with one attached hydrogen (secondary N) is 1. The fourth-order valence-electron chi connectivity index (χ4n) is 2.73. The molecule has 3 heterocycles. The van der Waals surface area contributed by atoms with Crippen LogP contribution in [0.1, 0.15) is 12.8 Å². The van der Waals surface area contributed by atoms with Crippen molar-refractivity contribution < 1.29 is 4.79 Å². The van der Waals surface area contributed by atoms with E-state index in [1.54, 1.807) is 18.6 Å². The van der Waals surface area contributed by atoms with Crippen molar-refractivity contribution in [3.63, 3.8) is 0 Å². The minimum atomic E-state index is 0.0445. The minimum absolute atomic E-state index is 0.0445. The van der Waals surface area contributed by atoms with Gasteiger partial charge in [-0.2, -0.15) is 0 Å². The first kappa shape index (κ1) is 12.3. The van der Waals surface area contributed by atoms with Crippen LogP contribution in [0.15, 0.2) is 18.6 Å². The van der Waals surface area contributed by atoms with Crippen LogP contribution in [0.2, 0.25) is 0 Å². The highest BCUT2D eigenvalue weighted by Gasteiger charge is 2.29. The molecule has 3 rings (SSSR count). The highest BCUT2D eigenvalue weighted by Crippen LogP contribution is 2.14. The van der Waals surface area contributed by atoms with Gasteiger partial charge in [0.15, 0.2) is 0 Å². The molecule has 0 bridgehead atoms. The number of rotatable bonds is 2. The van der Waals surface area contributed by atoms with E-state index in [-0.39, 0.29) is 11.9 Å². The second-order valence-electron chi connectivity index (χ2n) is 5.02. The van der Waals surface area contributed by atoms with Crippen molar-refractivity contribution in [3.8, 4) is 0 Å². The molecule has 1 amide bonds. The molecule has 2 aliphatic heterocycles. The number of nitrogens with zero attached hydrogens (tertiary/aromatic N) is 4. The number of amides is 1. The monoisotopic (exact) mass is 261 g/mol. The first-order valence-electron chi connectivity index (χ1n) is 6.88. The summed E-state index contributed by atoms with van der Waals surface area (Å²) in [6, 6.07) is 0.0445. The van der Waals surface area contributed by atoms with E-state index in [9.17, 15) is 4.79 Å². The summed E-state index contributed by atoms with van der Waals surface area (Å²) in [7, 11) is 0. The number of piperazine rings is 1. The Morgan fingerprint density at radius 3 is 2.74 bits per heavy atom. The summed E-state index contributed by atoms with van der Waals surface area (Å²) in [5, 5.41) is 3.27. The van der Waals surface area contributed by atoms with Gasteiger partial charge in [0.05, 0.1) is 12.2 Å². The molecule has 1 atom stereocenters. The lowest BCUT2D eigenvalue weighted by Crippen LogP contribution is -2.53. The maximum Gasteiger partial charge on any atom is 0.239 e. The van der Waals surface area contributed by atoms with Gasteiger partial charge in [-0.25, -0.2) is 4.98 Å². The van der Waals surface area contributed by atoms with Gasteiger partial charge in [-0.05, 0) is 19.4 Å². The number of anilines is 1. The molecular formula is C13H19N5O. The summed E-state index contributed by atoms with van der Waals surface area (Å²) in [5.74, 6) is 1.16. The number of carbonyl (C=O) groups is 1. The molecular weight excluding hydrogens is 242 g/mol. The van der Waals surface area contributed by atoms with Crippen LogP contribution < -0.4 is 10.2 Å². The van der Waals surface area contributed by atoms with Gasteiger partial charge in [0.1, 0.15) is 5.82 Å². The molecule has 1 aromatic rings. The van der Waals surface area contributed by atoms with Crippen molar-refractivity contribution in [1.82, 2.24) is 20.2 Å². The molecule has 0 saturated carbocycles. The summed E-state index contributed by atoms with van der Waals surface area (Å²) in [6.45, 7) is 4.17. The first-order valence-corrected chi connectivity index (χ1v) is 6.88. The number of hydrogen-bond donors (Lipinski definition) is 1. The van der Waals surface area contributed by atoms with Gasteiger partial charge in [-0.3, -0.25) is 9.78 Å². The molecule has 6 heteroatoms. The first-order chi connectivity index (χ1) is 9.34. The molecule has 2 saturated heterocycles. The van der Waals surface area contributed by atoms with Gasteiger partial charge < -0.3 is 15.1 Å². The van der Waals surface area contributed by atoms with Crippen molar-refractivity contribution >= 4 is 11.7 Å². The number of hydrogen-bond acceptors (Lipinski definition) is 5. The Balaban J connectivity index is 1.56. The third-order valence-electron chi connectivity index (χ3n) is 3.82. The molecule has 0 aromatic carbocycles. The molecule has 1 aromatic heterocycles. The SMILES string of the molecule is O=C(C1CCCN1)N1CCN(c2cnccn2)CC1. The summed E-state index contributed by atoms with van der Waals surface area (Å²) in [5.41, 5.74) is 0. The highest BCUT2D eigenvalue weighted by molar-refractivity contribution is 5.82. The Morgan fingerprint density at radius 1 is 1.26 bits per heavy atom. The lowest BCUT2D eigenvalue weighted by Gasteiger charge is -2.36. The lowest BCUT2D eigenvalue weighted by molar-refractivity contribution is -0.133. The van der Waals surface area contributed by atoms with Crippen molar-refractivity contribution in [2.45, 2.75) is 18.9 Å². The Hall–Kier alpha value is -1.69. The average Bonchev–Trinajstić information content (AvgIpc) is 3.02. The largest absolute Gasteiger partial charge is 0.352 e. The van der Waals surface area contributed by atoms with Gasteiger partial charge >= 0.3 is 0 Å². The molecule has 2 aliphatic rings. The van der Waals surface area contributed by atoms with E-state index in [0.29, 0.717) is 0 Å². The second-order valence-corrected chi connectivity index (χ2v) is 5.02. The minimum Gasteiger partial charge on any atom is -0.352 e. The maximum atomic E-state index is 12.3. The molecule has 2 fully saturated rings. The lowest BCUT2D eigenvalue weighted by atomic mass is 10.2. The van der Waals surface area contributed by atoms with Crippen LogP contribution >= 0.6 is 0 Å². The van der Waals surface area contributed by atoms with Crippen molar-refractivity contribution in [2.75, 3.05) is 37.6 Å². The fourth-order valence-corrected chi connectivity index (χ4v) is 2.73. The molecule has 0 radical (unpaired) electrons. The molecule has 19 heavy (non-hydrogen) atoms. The van der Waals surface area contributed by atoms with E-state index >= 15 is 0 Å². The number of carbonyl (C=O) groups excluding carboxylic acids is 1. The van der Waals surface area contributed by atoms with Gasteiger partial charge in [-0.1, -0.05) is 0 Å². The Kier molecular flexibility index (Phi) is 3.59. The van der Waals surface area contributed by atoms with E-state index in [1.165, 1.54) is 0 Å². The van der Waals surface area contributed by atoms with Crippen molar-refractivity contribution in [2.24, 2.45) is 0 Å². The van der Waals surface area contributed by atoms with Crippen LogP contribution in [-0.4, -0.2) is 59.5 Å². The summed E-state index contributed by atoms with van der Waals surface area (Å²) < 4.78 is 0. The van der Waals surface area contributed by atoms with E-state index < -0.39 is 0 Å². The Morgan fingerprint density at radius 2 is 2.11 bits per heavy atom. The number of aromatic nitrogens is 2. The topological polar surface area (TPSA) is 61.4 Å². The zero-order valence-electron chi connectivity index (χ0n) is 11.0. The standard InChI is InChI=1S/C13H19N5O/c19-13(11-2-1-3-15-11)18-8-6-17(7-9-18)12-10-14-4-5-16-12/h4-5,10-11,15H,1-3,6-9H2. The fraction of sp³-hybridized carbons (Fsp3) is 0.615. The zero-order chi connectivity index (χ0) is 13.1. The molecule has 0 spiro atoms. The van der Waals surface area contributed by atoms with Crippen molar-refractivity contribution in [1.29, 1.82) is 0 Å². The summed E-state index contributed by atoms with van der Waals surface area (Å²) in [6.07, 6.45) is 7.24. The van der Waals surface area contributed by atoms with E-state index in [2.05, 4.69) is 20.2 Å². The van der Waals surface area contributed by atoms with E-state index in [4.69, 9.17) is 0 Å². The Labute approximate surface area is 112 Å². The Bertz CT molecular complexity index is 424. The van der Waals surface area contributed by atoms with Crippen molar-refractivity contribution in [3.05, 3.63) is 18.6 Å². The third kappa shape index (κ3) is 2.68. The van der Waals surface area contributed by atoms with Crippen LogP contribution in [-0.2, 0) is 4.79 Å². The quantitative estimate of drug-likeness (QED) is 0.804. The predicted octanol–water partition coefficient (Wildman–Crippen LogP) is -0.123. The van der Waals surface area contributed by atoms with Gasteiger partial charge in [0, 0.05) is 38.6 Å². The highest BCUT2D eigenvalue weighted by atomic mass is 16.2. The molecule has 6 nitrogen and oxygen atoms in total. The summed E-state index contributed by atoms with van der Waals surface area (Å²) >= 11 is 0. The van der Waals surface area contributed by atoms with Gasteiger partial charge in [-0.15, -0.1) is 0 Å². The molecule has 1 N–H and O–H groups in total. The van der Waals surface area contributed by atoms with Gasteiger partial charge in [0.25, 0.3) is 0 Å². The molecule has 0 aliphatic carbocycles. The molecule has 102 valence electrons. The average molecular weight is 261 g/mol. The third-order valence-corrected chi connectivity index (χ3v) is 3.82. The van der Waals surface area contributed by atoms with Crippen LogP contribution in [0.5, 0.6) is 0 Å². The van der Waals surface area contributed by atoms with Crippen LogP contribution in [0.25, 0.3) is 0 Å². The van der Waals surface area contributed by atoms with E-state index in [1.807, 2.05) is 4.90 Å². The normalized spacial score (nSPS) is 23.7. The van der Waals surface area contributed by atoms with E-state index in [0.717, 1.165) is 51.4 Å². The maximum absolute atomic E-state index is 12.3. The summed E-state index contributed by atoms with van der Waals surface area (Å²) in [4.78, 5) is 24.8. The predicted molar refractivity (Wildman–Crippen MR) is 71.8 cm³/mol. The van der Waals surface area contributed by atoms with Crippen LogP contribution in [0, 0.1) is 0 Å². The van der Waals surface area contributed by atoms with Gasteiger partial charge in [0.2, 0.25) is 5.91 Å². The second kappa shape index (κ2) is 5.52.